The molecule has 9 heavy (non-hydrogen) atoms. The highest BCUT2D eigenvalue weighted by atomic mass is 16.5. The molecule has 1 atom stereocenters. The molecule has 0 saturated heterocycles. The van der Waals surface area contributed by atoms with Gasteiger partial charge in [-0.25, -0.2) is 0 Å². The topological polar surface area (TPSA) is 35.2 Å². The number of methoxy groups -OCH3 is 1. The second-order valence-electron chi connectivity index (χ2n) is 3.08. The minimum Gasteiger partial charge on any atom is -0.384 e. The quantitative estimate of drug-likeness (QED) is 0.610. The minimum absolute atomic E-state index is 0.303. The van der Waals surface area contributed by atoms with E-state index in [1.165, 1.54) is 12.8 Å². The largest absolute Gasteiger partial charge is 0.384 e. The van der Waals surface area contributed by atoms with Gasteiger partial charge in [0.15, 0.2) is 0 Å². The van der Waals surface area contributed by atoms with Crippen molar-refractivity contribution in [2.24, 2.45) is 11.1 Å². The van der Waals surface area contributed by atoms with Crippen LogP contribution in [0.5, 0.6) is 0 Å². The summed E-state index contributed by atoms with van der Waals surface area (Å²) < 4.78 is 5.05. The summed E-state index contributed by atoms with van der Waals surface area (Å²) in [6.07, 6.45) is 2.50. The molecular weight excluding hydrogens is 114 g/mol. The van der Waals surface area contributed by atoms with E-state index in [9.17, 15) is 0 Å². The maximum absolute atomic E-state index is 5.74. The highest BCUT2D eigenvalue weighted by molar-refractivity contribution is 4.98. The third kappa shape index (κ3) is 1.25. The first kappa shape index (κ1) is 7.03. The second-order valence-corrected chi connectivity index (χ2v) is 3.08. The molecule has 0 heterocycles. The molecule has 1 aliphatic carbocycles. The van der Waals surface area contributed by atoms with Crippen molar-refractivity contribution in [3.05, 3.63) is 0 Å². The highest BCUT2D eigenvalue weighted by Gasteiger charge is 2.45. The molecule has 1 rings (SSSR count). The standard InChI is InChI=1S/C7H15NO/c1-6(8)7(3-4-7)5-9-2/h6H,3-5,8H2,1-2H3. The molecule has 1 unspecified atom stereocenters. The van der Waals surface area contributed by atoms with E-state index in [1.807, 2.05) is 0 Å². The summed E-state index contributed by atoms with van der Waals surface area (Å²) in [6, 6.07) is 0.303. The Morgan fingerprint density at radius 3 is 2.33 bits per heavy atom. The van der Waals surface area contributed by atoms with E-state index in [0.29, 0.717) is 11.5 Å². The van der Waals surface area contributed by atoms with Crippen molar-refractivity contribution in [3.63, 3.8) is 0 Å². The highest BCUT2D eigenvalue weighted by Crippen LogP contribution is 2.47. The Labute approximate surface area is 56.4 Å². The number of hydrogen-bond donors (Lipinski definition) is 1. The molecule has 0 radical (unpaired) electrons. The smallest absolute Gasteiger partial charge is 0.0533 e. The van der Waals surface area contributed by atoms with Gasteiger partial charge >= 0.3 is 0 Å². The Bertz CT molecular complexity index is 97.1. The van der Waals surface area contributed by atoms with Crippen LogP contribution in [0, 0.1) is 5.41 Å². The van der Waals surface area contributed by atoms with E-state index in [2.05, 4.69) is 6.92 Å². The van der Waals surface area contributed by atoms with Crippen LogP contribution in [0.4, 0.5) is 0 Å². The molecule has 0 aromatic rings. The van der Waals surface area contributed by atoms with Gasteiger partial charge in [0.25, 0.3) is 0 Å². The van der Waals surface area contributed by atoms with Gasteiger partial charge in [-0.15, -0.1) is 0 Å². The molecule has 0 aliphatic heterocycles. The first-order valence-corrected chi connectivity index (χ1v) is 3.46. The molecule has 0 aromatic carbocycles. The van der Waals surface area contributed by atoms with Crippen molar-refractivity contribution >= 4 is 0 Å². The molecule has 2 nitrogen and oxygen atoms in total. The Hall–Kier alpha value is -0.0800. The van der Waals surface area contributed by atoms with Gasteiger partial charge in [-0.05, 0) is 19.8 Å². The van der Waals surface area contributed by atoms with Gasteiger partial charge in [0.05, 0.1) is 6.61 Å². The molecular formula is C7H15NO. The van der Waals surface area contributed by atoms with E-state index in [-0.39, 0.29) is 0 Å². The lowest BCUT2D eigenvalue weighted by Crippen LogP contribution is -2.31. The predicted molar refractivity (Wildman–Crippen MR) is 37.2 cm³/mol. The van der Waals surface area contributed by atoms with Gasteiger partial charge in [0.1, 0.15) is 0 Å². The third-order valence-corrected chi connectivity index (χ3v) is 2.29. The van der Waals surface area contributed by atoms with Crippen LogP contribution in [0.2, 0.25) is 0 Å². The van der Waals surface area contributed by atoms with Crippen molar-refractivity contribution in [1.82, 2.24) is 0 Å². The molecule has 0 bridgehead atoms. The molecule has 0 aromatic heterocycles. The molecule has 54 valence electrons. The van der Waals surface area contributed by atoms with E-state index in [1.54, 1.807) is 7.11 Å². The Kier molecular flexibility index (Phi) is 1.78. The zero-order valence-electron chi connectivity index (χ0n) is 6.18. The van der Waals surface area contributed by atoms with Crippen LogP contribution in [0.1, 0.15) is 19.8 Å². The summed E-state index contributed by atoms with van der Waals surface area (Å²) in [5, 5.41) is 0. The molecule has 1 aliphatic rings. The zero-order valence-corrected chi connectivity index (χ0v) is 6.18. The van der Waals surface area contributed by atoms with Crippen molar-refractivity contribution in [1.29, 1.82) is 0 Å². The van der Waals surface area contributed by atoms with Gasteiger partial charge in [0.2, 0.25) is 0 Å². The van der Waals surface area contributed by atoms with Crippen LogP contribution in [0.15, 0.2) is 0 Å². The molecule has 1 fully saturated rings. The van der Waals surface area contributed by atoms with Crippen LogP contribution < -0.4 is 5.73 Å². The van der Waals surface area contributed by atoms with E-state index < -0.39 is 0 Å². The van der Waals surface area contributed by atoms with Crippen molar-refractivity contribution in [2.75, 3.05) is 13.7 Å². The van der Waals surface area contributed by atoms with Crippen LogP contribution >= 0.6 is 0 Å². The number of rotatable bonds is 3. The van der Waals surface area contributed by atoms with Crippen molar-refractivity contribution in [2.45, 2.75) is 25.8 Å². The Balaban J connectivity index is 2.33. The monoisotopic (exact) mass is 129 g/mol. The summed E-state index contributed by atoms with van der Waals surface area (Å²) in [7, 11) is 1.74. The maximum Gasteiger partial charge on any atom is 0.0533 e. The SMILES string of the molecule is COCC1(C(C)N)CC1. The number of nitrogens with two attached hydrogens (primary N) is 1. The van der Waals surface area contributed by atoms with Gasteiger partial charge in [0, 0.05) is 18.6 Å². The normalized spacial score (nSPS) is 25.7. The number of hydrogen-bond acceptors (Lipinski definition) is 2. The number of ether oxygens (including phenoxy) is 1. The lowest BCUT2D eigenvalue weighted by Gasteiger charge is -2.17. The van der Waals surface area contributed by atoms with Gasteiger partial charge < -0.3 is 10.5 Å². The summed E-state index contributed by atoms with van der Waals surface area (Å²) in [5.41, 5.74) is 6.09. The summed E-state index contributed by atoms with van der Waals surface area (Å²) in [6.45, 7) is 2.90. The molecule has 2 heteroatoms. The first-order valence-electron chi connectivity index (χ1n) is 3.46. The summed E-state index contributed by atoms with van der Waals surface area (Å²) >= 11 is 0. The van der Waals surface area contributed by atoms with Crippen molar-refractivity contribution in [3.8, 4) is 0 Å². The second kappa shape index (κ2) is 2.27. The fourth-order valence-electron chi connectivity index (χ4n) is 1.18. The van der Waals surface area contributed by atoms with Gasteiger partial charge in [-0.1, -0.05) is 0 Å². The van der Waals surface area contributed by atoms with E-state index in [0.717, 1.165) is 6.61 Å². The van der Waals surface area contributed by atoms with Crippen LogP contribution in [0.3, 0.4) is 0 Å². The zero-order chi connectivity index (χ0) is 6.91. The lowest BCUT2D eigenvalue weighted by atomic mass is 10.0. The van der Waals surface area contributed by atoms with E-state index >= 15 is 0 Å². The molecule has 1 saturated carbocycles. The molecule has 2 N–H and O–H groups in total. The minimum atomic E-state index is 0.303. The fourth-order valence-corrected chi connectivity index (χ4v) is 1.18. The predicted octanol–water partition coefficient (Wildman–Crippen LogP) is 0.760. The van der Waals surface area contributed by atoms with Crippen molar-refractivity contribution < 1.29 is 4.74 Å². The fraction of sp³-hybridized carbons (Fsp3) is 1.00. The average Bonchev–Trinajstić information content (AvgIpc) is 2.49. The van der Waals surface area contributed by atoms with E-state index in [4.69, 9.17) is 10.5 Å². The maximum atomic E-state index is 5.74. The Morgan fingerprint density at radius 2 is 2.22 bits per heavy atom. The molecule has 0 spiro atoms. The van der Waals surface area contributed by atoms with Crippen LogP contribution in [0.25, 0.3) is 0 Å². The van der Waals surface area contributed by atoms with Crippen LogP contribution in [-0.4, -0.2) is 19.8 Å². The van der Waals surface area contributed by atoms with Gasteiger partial charge in [-0.3, -0.25) is 0 Å². The van der Waals surface area contributed by atoms with Gasteiger partial charge in [-0.2, -0.15) is 0 Å². The first-order chi connectivity index (χ1) is 4.21. The third-order valence-electron chi connectivity index (χ3n) is 2.29. The Morgan fingerprint density at radius 1 is 1.67 bits per heavy atom. The van der Waals surface area contributed by atoms with Crippen LogP contribution in [-0.2, 0) is 4.74 Å². The average molecular weight is 129 g/mol. The summed E-state index contributed by atoms with van der Waals surface area (Å²) in [4.78, 5) is 0. The summed E-state index contributed by atoms with van der Waals surface area (Å²) in [5.74, 6) is 0. The lowest BCUT2D eigenvalue weighted by molar-refractivity contribution is 0.129. The molecule has 0 amide bonds.